The third kappa shape index (κ3) is 3.95. The van der Waals surface area contributed by atoms with E-state index in [1.54, 1.807) is 0 Å². The molecule has 1 aromatic carbocycles. The zero-order chi connectivity index (χ0) is 20.7. The number of benzene rings is 1. The molecule has 2 atom stereocenters. The summed E-state index contributed by atoms with van der Waals surface area (Å²) in [5, 5.41) is 0. The molecule has 3 aliphatic heterocycles. The van der Waals surface area contributed by atoms with Crippen molar-refractivity contribution in [3.05, 3.63) is 69.1 Å². The van der Waals surface area contributed by atoms with Crippen molar-refractivity contribution in [1.29, 1.82) is 0 Å². The van der Waals surface area contributed by atoms with Crippen LogP contribution in [0.5, 0.6) is 0 Å². The van der Waals surface area contributed by atoms with Crippen molar-refractivity contribution in [3.63, 3.8) is 0 Å². The summed E-state index contributed by atoms with van der Waals surface area (Å²) < 4.78 is 29.7. The predicted octanol–water partition coefficient (Wildman–Crippen LogP) is 3.73. The maximum Gasteiger partial charge on any atom is 0.255 e. The van der Waals surface area contributed by atoms with E-state index in [2.05, 4.69) is 15.9 Å². The molecule has 2 fully saturated rings. The van der Waals surface area contributed by atoms with Gasteiger partial charge in [0.1, 0.15) is 11.6 Å². The van der Waals surface area contributed by atoms with Gasteiger partial charge in [0.25, 0.3) is 5.56 Å². The van der Waals surface area contributed by atoms with E-state index in [4.69, 9.17) is 0 Å². The highest BCUT2D eigenvalue weighted by Crippen LogP contribution is 2.36. The molecule has 0 unspecified atom stereocenters. The molecule has 0 N–H and O–H groups in total. The number of piperidine rings is 2. The number of aromatic nitrogens is 1. The number of likely N-dealkylation sites (tertiary alicyclic amines) is 2. The van der Waals surface area contributed by atoms with Crippen LogP contribution in [0.25, 0.3) is 0 Å². The minimum Gasteiger partial charge on any atom is -0.312 e. The maximum absolute atomic E-state index is 14.1. The molecule has 30 heavy (non-hydrogen) atoms. The third-order valence-electron chi connectivity index (χ3n) is 7.00. The van der Waals surface area contributed by atoms with Crippen LogP contribution in [0.3, 0.4) is 0 Å². The zero-order valence-corrected chi connectivity index (χ0v) is 17.3. The van der Waals surface area contributed by atoms with Crippen LogP contribution < -0.4 is 5.56 Å². The summed E-state index contributed by atoms with van der Waals surface area (Å²) in [7, 11) is 0. The second-order valence-electron chi connectivity index (χ2n) is 9.26. The Morgan fingerprint density at radius 1 is 0.867 bits per heavy atom. The second-order valence-corrected chi connectivity index (χ2v) is 9.26. The van der Waals surface area contributed by atoms with E-state index in [1.807, 2.05) is 10.6 Å². The Kier molecular flexibility index (Phi) is 5.46. The number of hydrogen-bond donors (Lipinski definition) is 0. The van der Waals surface area contributed by atoms with E-state index in [9.17, 15) is 13.6 Å². The summed E-state index contributed by atoms with van der Waals surface area (Å²) in [6.07, 6.45) is 4.79. The normalized spacial score (nSPS) is 24.6. The van der Waals surface area contributed by atoms with Gasteiger partial charge in [-0.3, -0.25) is 14.6 Å². The Morgan fingerprint density at radius 3 is 2.50 bits per heavy atom. The second kappa shape index (κ2) is 8.23. The highest BCUT2D eigenvalue weighted by Gasteiger charge is 2.35. The average Bonchev–Trinajstić information content (AvgIpc) is 2.74. The van der Waals surface area contributed by atoms with Gasteiger partial charge in [-0.25, -0.2) is 8.78 Å². The van der Waals surface area contributed by atoms with Gasteiger partial charge >= 0.3 is 0 Å². The molecule has 6 heteroatoms. The fourth-order valence-electron chi connectivity index (χ4n) is 5.60. The molecule has 0 aliphatic carbocycles. The molecule has 1 aromatic heterocycles. The standard InChI is InChI=1S/C24H29F2N3O/c25-21-5-6-22(26)19(11-21)15-28-12-17-10-20(16-28)23-7-4-18(24(30)29(23)13-17)14-27-8-2-1-3-9-27/h4-7,11,17,20H,1-3,8-10,12-16H2/t17-,20+/m0/s1. The van der Waals surface area contributed by atoms with Crippen LogP contribution in [0, 0.1) is 17.6 Å². The van der Waals surface area contributed by atoms with E-state index in [-0.39, 0.29) is 17.3 Å². The smallest absolute Gasteiger partial charge is 0.255 e. The third-order valence-corrected chi connectivity index (χ3v) is 7.00. The molecule has 160 valence electrons. The zero-order valence-electron chi connectivity index (χ0n) is 17.3. The van der Waals surface area contributed by atoms with E-state index in [0.717, 1.165) is 63.0 Å². The lowest BCUT2D eigenvalue weighted by atomic mass is 9.82. The van der Waals surface area contributed by atoms with Crippen molar-refractivity contribution >= 4 is 0 Å². The Labute approximate surface area is 176 Å². The van der Waals surface area contributed by atoms with Gasteiger partial charge in [0, 0.05) is 55.5 Å². The first-order valence-electron chi connectivity index (χ1n) is 11.2. The lowest BCUT2D eigenvalue weighted by Crippen LogP contribution is -2.47. The Hall–Kier alpha value is -2.05. The maximum atomic E-state index is 14.1. The molecule has 0 radical (unpaired) electrons. The van der Waals surface area contributed by atoms with Crippen LogP contribution in [0.4, 0.5) is 8.78 Å². The Bertz CT molecular complexity index is 983. The highest BCUT2D eigenvalue weighted by molar-refractivity contribution is 5.23. The van der Waals surface area contributed by atoms with Crippen molar-refractivity contribution in [2.45, 2.75) is 51.2 Å². The van der Waals surface area contributed by atoms with Crippen LogP contribution in [-0.4, -0.2) is 40.5 Å². The molecule has 4 nitrogen and oxygen atoms in total. The van der Waals surface area contributed by atoms with E-state index in [1.165, 1.54) is 31.4 Å². The molecule has 2 bridgehead atoms. The van der Waals surface area contributed by atoms with Gasteiger partial charge in [0.15, 0.2) is 0 Å². The van der Waals surface area contributed by atoms with Crippen molar-refractivity contribution in [2.75, 3.05) is 26.2 Å². The quantitative estimate of drug-likeness (QED) is 0.765. The molecule has 2 aromatic rings. The van der Waals surface area contributed by atoms with E-state index in [0.29, 0.717) is 18.0 Å². The minimum atomic E-state index is -0.401. The number of halogens is 2. The highest BCUT2D eigenvalue weighted by atomic mass is 19.1. The Morgan fingerprint density at radius 2 is 1.67 bits per heavy atom. The summed E-state index contributed by atoms with van der Waals surface area (Å²) in [6, 6.07) is 7.81. The summed E-state index contributed by atoms with van der Waals surface area (Å²) in [5.41, 5.74) is 2.57. The Balaban J connectivity index is 1.34. The van der Waals surface area contributed by atoms with Crippen molar-refractivity contribution in [3.8, 4) is 0 Å². The summed E-state index contributed by atoms with van der Waals surface area (Å²) >= 11 is 0. The fourth-order valence-corrected chi connectivity index (χ4v) is 5.60. The summed E-state index contributed by atoms with van der Waals surface area (Å²) in [4.78, 5) is 17.8. The lowest BCUT2D eigenvalue weighted by Gasteiger charge is -2.43. The van der Waals surface area contributed by atoms with Gasteiger partial charge in [-0.1, -0.05) is 12.5 Å². The molecule has 0 spiro atoms. The van der Waals surface area contributed by atoms with Gasteiger partial charge in [-0.15, -0.1) is 0 Å². The van der Waals surface area contributed by atoms with Gasteiger partial charge in [-0.2, -0.15) is 0 Å². The van der Waals surface area contributed by atoms with Crippen molar-refractivity contribution in [1.82, 2.24) is 14.4 Å². The first-order valence-corrected chi connectivity index (χ1v) is 11.2. The van der Waals surface area contributed by atoms with E-state index < -0.39 is 5.82 Å². The molecule has 5 rings (SSSR count). The van der Waals surface area contributed by atoms with Crippen LogP contribution in [0.1, 0.15) is 48.4 Å². The van der Waals surface area contributed by atoms with Crippen LogP contribution >= 0.6 is 0 Å². The molecular formula is C24H29F2N3O. The molecule has 2 saturated heterocycles. The largest absolute Gasteiger partial charge is 0.312 e. The van der Waals surface area contributed by atoms with E-state index >= 15 is 0 Å². The van der Waals surface area contributed by atoms with Crippen LogP contribution in [0.2, 0.25) is 0 Å². The monoisotopic (exact) mass is 413 g/mol. The first-order chi connectivity index (χ1) is 14.6. The molecule has 3 aliphatic rings. The summed E-state index contributed by atoms with van der Waals surface area (Å²) in [5.74, 6) is -0.116. The minimum absolute atomic E-state index is 0.164. The number of rotatable bonds is 4. The number of pyridine rings is 1. The fraction of sp³-hybridized carbons (Fsp3) is 0.542. The predicted molar refractivity (Wildman–Crippen MR) is 112 cm³/mol. The van der Waals surface area contributed by atoms with Crippen LogP contribution in [-0.2, 0) is 19.6 Å². The molecular weight excluding hydrogens is 384 g/mol. The van der Waals surface area contributed by atoms with Crippen molar-refractivity contribution < 1.29 is 8.78 Å². The molecule has 4 heterocycles. The van der Waals surface area contributed by atoms with Crippen LogP contribution in [0.15, 0.2) is 35.1 Å². The number of hydrogen-bond acceptors (Lipinski definition) is 3. The number of fused-ring (bicyclic) bond motifs is 4. The topological polar surface area (TPSA) is 28.5 Å². The first kappa shape index (κ1) is 19.9. The SMILES string of the molecule is O=c1c(CN2CCCCC2)ccc2n1C[C@H]1C[C@@H]2CN(Cc2cc(F)ccc2F)C1. The molecule has 0 saturated carbocycles. The average molecular weight is 414 g/mol. The summed E-state index contributed by atoms with van der Waals surface area (Å²) in [6.45, 7) is 5.63. The van der Waals surface area contributed by atoms with Crippen molar-refractivity contribution in [2.24, 2.45) is 5.92 Å². The molecule has 0 amide bonds. The number of nitrogens with zero attached hydrogens (tertiary/aromatic N) is 3. The van der Waals surface area contributed by atoms with Gasteiger partial charge in [0.2, 0.25) is 0 Å². The van der Waals surface area contributed by atoms with Gasteiger partial charge < -0.3 is 4.57 Å². The lowest BCUT2D eigenvalue weighted by molar-refractivity contribution is 0.113. The van der Waals surface area contributed by atoms with Gasteiger partial charge in [0.05, 0.1) is 0 Å². The van der Waals surface area contributed by atoms with Gasteiger partial charge in [-0.05, 0) is 62.5 Å².